The fourth-order valence-corrected chi connectivity index (χ4v) is 3.49. The topological polar surface area (TPSA) is 90.3 Å². The number of allylic oxidation sites excluding steroid dienone is 1. The maximum Gasteiger partial charge on any atom is 0.258 e. The second-order valence-corrected chi connectivity index (χ2v) is 6.48. The van der Waals surface area contributed by atoms with Crippen molar-refractivity contribution in [2.45, 2.75) is 19.4 Å². The van der Waals surface area contributed by atoms with Crippen molar-refractivity contribution < 1.29 is 13.9 Å². The molecule has 1 aromatic carbocycles. The monoisotopic (exact) mass is 389 g/mol. The van der Waals surface area contributed by atoms with Gasteiger partial charge in [0.05, 0.1) is 18.1 Å². The zero-order valence-corrected chi connectivity index (χ0v) is 15.5. The van der Waals surface area contributed by atoms with E-state index >= 15 is 0 Å². The van der Waals surface area contributed by atoms with Gasteiger partial charge in [-0.1, -0.05) is 17.7 Å². The summed E-state index contributed by atoms with van der Waals surface area (Å²) in [7, 11) is 1.53. The number of nitrogens with zero attached hydrogens (tertiary/aromatic N) is 2. The molecular weight excluding hydrogens is 373 g/mol. The average Bonchev–Trinajstić information content (AvgIpc) is 2.61. The van der Waals surface area contributed by atoms with Gasteiger partial charge in [0.15, 0.2) is 0 Å². The smallest absolute Gasteiger partial charge is 0.258 e. The highest BCUT2D eigenvalue weighted by molar-refractivity contribution is 6.31. The summed E-state index contributed by atoms with van der Waals surface area (Å²) in [5.41, 5.74) is 6.18. The molecule has 1 aromatic heterocycles. The Morgan fingerprint density at radius 1 is 1.44 bits per heavy atom. The van der Waals surface area contributed by atoms with Crippen molar-refractivity contribution in [1.29, 1.82) is 5.26 Å². The molecule has 0 spiro atoms. The van der Waals surface area contributed by atoms with Crippen molar-refractivity contribution in [3.8, 4) is 11.8 Å². The third-order valence-corrected chi connectivity index (χ3v) is 4.83. The lowest BCUT2D eigenvalue weighted by atomic mass is 9.83. The molecule has 0 fully saturated rings. The summed E-state index contributed by atoms with van der Waals surface area (Å²) >= 11 is 6.22. The predicted octanol–water partition coefficient (Wildman–Crippen LogP) is 2.81. The number of ether oxygens (including phenoxy) is 2. The Kier molecular flexibility index (Phi) is 5.22. The minimum Gasteiger partial charge on any atom is -0.440 e. The zero-order chi connectivity index (χ0) is 19.7. The van der Waals surface area contributed by atoms with E-state index in [9.17, 15) is 14.4 Å². The Morgan fingerprint density at radius 2 is 2.19 bits per heavy atom. The Morgan fingerprint density at radius 3 is 2.81 bits per heavy atom. The van der Waals surface area contributed by atoms with E-state index in [2.05, 4.69) is 0 Å². The van der Waals surface area contributed by atoms with Gasteiger partial charge in [0, 0.05) is 36.0 Å². The molecule has 1 atom stereocenters. The number of pyridine rings is 1. The van der Waals surface area contributed by atoms with E-state index in [4.69, 9.17) is 26.8 Å². The Bertz CT molecular complexity index is 1020. The molecule has 2 aromatic rings. The normalized spacial score (nSPS) is 15.9. The standard InChI is InChI=1S/C19H17ClFN3O3/c1-10-8-14-17(19(25)24(10)6-7-26-2)15(11(9-22)18(23)27-14)16-12(20)4-3-5-13(16)21/h3-5,8,15H,6-7,23H2,1-2H3. The number of methoxy groups -OCH3 is 1. The summed E-state index contributed by atoms with van der Waals surface area (Å²) in [5.74, 6) is -1.69. The molecule has 1 aliphatic rings. The quantitative estimate of drug-likeness (QED) is 0.868. The molecule has 0 radical (unpaired) electrons. The Hall–Kier alpha value is -2.82. The first-order valence-electron chi connectivity index (χ1n) is 8.15. The molecule has 27 heavy (non-hydrogen) atoms. The lowest BCUT2D eigenvalue weighted by Crippen LogP contribution is -2.33. The second-order valence-electron chi connectivity index (χ2n) is 6.07. The van der Waals surface area contributed by atoms with E-state index < -0.39 is 17.3 Å². The van der Waals surface area contributed by atoms with E-state index in [1.165, 1.54) is 29.9 Å². The van der Waals surface area contributed by atoms with Crippen molar-refractivity contribution in [2.24, 2.45) is 5.73 Å². The molecule has 1 aliphatic heterocycles. The lowest BCUT2D eigenvalue weighted by molar-refractivity contribution is 0.185. The summed E-state index contributed by atoms with van der Waals surface area (Å²) in [6, 6.07) is 7.74. The molecule has 0 saturated heterocycles. The molecule has 0 bridgehead atoms. The van der Waals surface area contributed by atoms with Crippen molar-refractivity contribution in [3.05, 3.63) is 73.7 Å². The van der Waals surface area contributed by atoms with Crippen molar-refractivity contribution >= 4 is 11.6 Å². The highest BCUT2D eigenvalue weighted by atomic mass is 35.5. The molecule has 140 valence electrons. The van der Waals surface area contributed by atoms with E-state index in [1.54, 1.807) is 13.0 Å². The molecule has 0 aliphatic carbocycles. The Balaban J connectivity index is 2.34. The predicted molar refractivity (Wildman–Crippen MR) is 98.0 cm³/mol. The summed E-state index contributed by atoms with van der Waals surface area (Å²) < 4.78 is 26.7. The number of hydrogen-bond donors (Lipinski definition) is 1. The van der Waals surface area contributed by atoms with Gasteiger partial charge in [0.1, 0.15) is 23.2 Å². The fraction of sp³-hybridized carbons (Fsp3) is 0.263. The highest BCUT2D eigenvalue weighted by Gasteiger charge is 2.37. The van der Waals surface area contributed by atoms with Gasteiger partial charge in [-0.25, -0.2) is 4.39 Å². The number of nitrogens with two attached hydrogens (primary N) is 1. The van der Waals surface area contributed by atoms with Crippen LogP contribution in [0, 0.1) is 24.1 Å². The second kappa shape index (κ2) is 7.43. The molecule has 8 heteroatoms. The minimum atomic E-state index is -1.06. The molecule has 6 nitrogen and oxygen atoms in total. The van der Waals surface area contributed by atoms with E-state index in [-0.39, 0.29) is 33.4 Å². The fourth-order valence-electron chi connectivity index (χ4n) is 3.22. The zero-order valence-electron chi connectivity index (χ0n) is 14.8. The van der Waals surface area contributed by atoms with Crippen LogP contribution in [0.3, 0.4) is 0 Å². The third kappa shape index (κ3) is 3.18. The highest BCUT2D eigenvalue weighted by Crippen LogP contribution is 2.43. The van der Waals surface area contributed by atoms with Gasteiger partial charge in [-0.2, -0.15) is 5.26 Å². The van der Waals surface area contributed by atoms with Gasteiger partial charge in [0.25, 0.3) is 5.56 Å². The van der Waals surface area contributed by atoms with Gasteiger partial charge in [-0.05, 0) is 19.1 Å². The average molecular weight is 390 g/mol. The number of rotatable bonds is 4. The number of fused-ring (bicyclic) bond motifs is 1. The van der Waals surface area contributed by atoms with E-state index in [0.29, 0.717) is 18.8 Å². The van der Waals surface area contributed by atoms with Gasteiger partial charge < -0.3 is 19.8 Å². The minimum absolute atomic E-state index is 0.0162. The van der Waals surface area contributed by atoms with Crippen molar-refractivity contribution in [1.82, 2.24) is 4.57 Å². The number of halogens is 2. The molecule has 0 amide bonds. The number of nitriles is 1. The summed E-state index contributed by atoms with van der Waals surface area (Å²) in [6.45, 7) is 2.35. The van der Waals surface area contributed by atoms with Gasteiger partial charge in [0.2, 0.25) is 5.88 Å². The van der Waals surface area contributed by atoms with E-state index in [1.807, 2.05) is 6.07 Å². The van der Waals surface area contributed by atoms with Gasteiger partial charge in [-0.15, -0.1) is 0 Å². The largest absolute Gasteiger partial charge is 0.440 e. The van der Waals surface area contributed by atoms with Crippen LogP contribution in [-0.4, -0.2) is 18.3 Å². The number of benzene rings is 1. The maximum atomic E-state index is 14.7. The first-order valence-corrected chi connectivity index (χ1v) is 8.53. The maximum absolute atomic E-state index is 14.7. The van der Waals surface area contributed by atoms with E-state index in [0.717, 1.165) is 0 Å². The molecule has 0 saturated carbocycles. The number of aromatic nitrogens is 1. The van der Waals surface area contributed by atoms with Crippen LogP contribution in [0.25, 0.3) is 0 Å². The van der Waals surface area contributed by atoms with Crippen LogP contribution in [0.2, 0.25) is 5.02 Å². The van der Waals surface area contributed by atoms with Gasteiger partial charge in [-0.3, -0.25) is 4.79 Å². The van der Waals surface area contributed by atoms with Crippen LogP contribution < -0.4 is 16.0 Å². The summed E-state index contributed by atoms with van der Waals surface area (Å²) in [5, 5.41) is 9.69. The van der Waals surface area contributed by atoms with Crippen molar-refractivity contribution in [2.75, 3.05) is 13.7 Å². The third-order valence-electron chi connectivity index (χ3n) is 4.50. The molecule has 2 heterocycles. The molecule has 3 rings (SSSR count). The van der Waals surface area contributed by atoms with Crippen molar-refractivity contribution in [3.63, 3.8) is 0 Å². The molecular formula is C19H17ClFN3O3. The van der Waals surface area contributed by atoms with Crippen LogP contribution in [0.15, 0.2) is 40.5 Å². The Labute approximate surface area is 160 Å². The van der Waals surface area contributed by atoms with Crippen LogP contribution in [-0.2, 0) is 11.3 Å². The summed E-state index contributed by atoms with van der Waals surface area (Å²) in [6.07, 6.45) is 0. The number of aryl methyl sites for hydroxylation is 1. The first-order chi connectivity index (χ1) is 12.9. The SMILES string of the molecule is COCCn1c(C)cc2c(c1=O)C(c1c(F)cccc1Cl)C(C#N)=C(N)O2. The van der Waals surface area contributed by atoms with Crippen LogP contribution in [0.1, 0.15) is 22.7 Å². The number of hydrogen-bond acceptors (Lipinski definition) is 5. The molecule has 1 unspecified atom stereocenters. The first kappa shape index (κ1) is 19.0. The molecule has 2 N–H and O–H groups in total. The van der Waals surface area contributed by atoms with Crippen LogP contribution in [0.4, 0.5) is 4.39 Å². The lowest BCUT2D eigenvalue weighted by Gasteiger charge is -2.28. The van der Waals surface area contributed by atoms with Gasteiger partial charge >= 0.3 is 0 Å². The van der Waals surface area contributed by atoms with Crippen LogP contribution in [0.5, 0.6) is 5.75 Å². The van der Waals surface area contributed by atoms with Crippen LogP contribution >= 0.6 is 11.6 Å². The summed E-state index contributed by atoms with van der Waals surface area (Å²) in [4.78, 5) is 13.2.